The van der Waals surface area contributed by atoms with E-state index in [4.69, 9.17) is 9.47 Å². The molecule has 0 aliphatic carbocycles. The van der Waals surface area contributed by atoms with Gasteiger partial charge in [0.2, 0.25) is 0 Å². The molecule has 0 heterocycles. The fourth-order valence-corrected chi connectivity index (χ4v) is 5.96. The fourth-order valence-electron chi connectivity index (χ4n) is 5.96. The highest BCUT2D eigenvalue weighted by molar-refractivity contribution is 5.70. The van der Waals surface area contributed by atoms with E-state index in [-0.39, 0.29) is 25.2 Å². The molecule has 272 valence electrons. The summed E-state index contributed by atoms with van der Waals surface area (Å²) in [6.07, 6.45) is 42.7. The molecule has 1 N–H and O–H groups in total. The molecule has 5 nitrogen and oxygen atoms in total. The summed E-state index contributed by atoms with van der Waals surface area (Å²) in [5.74, 6) is -0.585. The van der Waals surface area contributed by atoms with Crippen molar-refractivity contribution in [1.29, 1.82) is 0 Å². The van der Waals surface area contributed by atoms with E-state index in [0.717, 1.165) is 32.1 Å². The van der Waals surface area contributed by atoms with Crippen LogP contribution in [0.15, 0.2) is 12.2 Å². The third-order valence-corrected chi connectivity index (χ3v) is 9.06. The van der Waals surface area contributed by atoms with Crippen LogP contribution < -0.4 is 0 Å². The van der Waals surface area contributed by atoms with Crippen LogP contribution in [0.5, 0.6) is 0 Å². The Kier molecular flexibility index (Phi) is 37.0. The largest absolute Gasteiger partial charge is 0.462 e. The van der Waals surface area contributed by atoms with E-state index < -0.39 is 6.10 Å². The first-order valence-corrected chi connectivity index (χ1v) is 20.2. The molecule has 0 aromatic carbocycles. The van der Waals surface area contributed by atoms with E-state index in [1.165, 1.54) is 161 Å². The van der Waals surface area contributed by atoms with Crippen molar-refractivity contribution >= 4 is 11.9 Å². The zero-order valence-electron chi connectivity index (χ0n) is 30.9. The van der Waals surface area contributed by atoms with Crippen molar-refractivity contribution in [2.45, 2.75) is 225 Å². The van der Waals surface area contributed by atoms with Crippen LogP contribution in [0.3, 0.4) is 0 Å². The van der Waals surface area contributed by atoms with Gasteiger partial charge in [-0.15, -0.1) is 0 Å². The lowest BCUT2D eigenvalue weighted by Gasteiger charge is -2.15. The molecule has 0 amide bonds. The normalized spacial score (nSPS) is 12.2. The zero-order valence-corrected chi connectivity index (χ0v) is 30.9. The van der Waals surface area contributed by atoms with Gasteiger partial charge in [-0.05, 0) is 38.5 Å². The Morgan fingerprint density at radius 3 is 1.17 bits per heavy atom. The van der Waals surface area contributed by atoms with Gasteiger partial charge in [-0.25, -0.2) is 0 Å². The van der Waals surface area contributed by atoms with Crippen LogP contribution in [0.2, 0.25) is 0 Å². The quantitative estimate of drug-likeness (QED) is 0.0411. The number of aliphatic hydroxyl groups excluding tert-OH is 1. The van der Waals surface area contributed by atoms with Gasteiger partial charge in [0.05, 0.1) is 6.61 Å². The second kappa shape index (κ2) is 38.1. The number of hydrogen-bond donors (Lipinski definition) is 1. The second-order valence-corrected chi connectivity index (χ2v) is 13.7. The molecule has 0 aliphatic rings. The number of aliphatic hydroxyl groups is 1. The number of ether oxygens (including phenoxy) is 2. The molecule has 5 heteroatoms. The smallest absolute Gasteiger partial charge is 0.306 e. The van der Waals surface area contributed by atoms with Gasteiger partial charge in [0.25, 0.3) is 0 Å². The van der Waals surface area contributed by atoms with Crippen molar-refractivity contribution in [3.8, 4) is 0 Å². The Morgan fingerprint density at radius 1 is 0.478 bits per heavy atom. The predicted octanol–water partition coefficient (Wildman–Crippen LogP) is 12.5. The Bertz CT molecular complexity index is 661. The van der Waals surface area contributed by atoms with Crippen LogP contribution in [-0.2, 0) is 19.1 Å². The van der Waals surface area contributed by atoms with E-state index in [0.29, 0.717) is 12.8 Å². The summed E-state index contributed by atoms with van der Waals surface area (Å²) in [6.45, 7) is 4.15. The van der Waals surface area contributed by atoms with Crippen LogP contribution >= 0.6 is 0 Å². The predicted molar refractivity (Wildman–Crippen MR) is 196 cm³/mol. The maximum absolute atomic E-state index is 12.2. The standard InChI is InChI=1S/C41H78O5/c1-3-5-7-9-11-13-15-17-19-20-22-24-26-28-30-32-34-36-41(44)46-39(37-42)38-45-40(43)35-33-31-29-27-25-23-21-18-16-14-12-10-8-6-4-2/h17,19,39,42H,3-16,18,20-38H2,1-2H3/b19-17-. The molecule has 0 bridgehead atoms. The van der Waals surface area contributed by atoms with E-state index in [2.05, 4.69) is 26.0 Å². The summed E-state index contributed by atoms with van der Waals surface area (Å²) in [4.78, 5) is 24.2. The Hall–Kier alpha value is -1.36. The summed E-state index contributed by atoms with van der Waals surface area (Å²) < 4.78 is 10.6. The minimum atomic E-state index is -0.766. The Morgan fingerprint density at radius 2 is 0.804 bits per heavy atom. The lowest BCUT2D eigenvalue weighted by molar-refractivity contribution is -0.161. The summed E-state index contributed by atoms with van der Waals surface area (Å²) in [5.41, 5.74) is 0. The van der Waals surface area contributed by atoms with Gasteiger partial charge in [0.15, 0.2) is 6.10 Å². The molecule has 0 aromatic rings. The number of esters is 2. The Balaban J connectivity index is 3.52. The number of rotatable bonds is 37. The van der Waals surface area contributed by atoms with Crippen molar-refractivity contribution in [2.24, 2.45) is 0 Å². The van der Waals surface area contributed by atoms with Gasteiger partial charge in [0, 0.05) is 12.8 Å². The van der Waals surface area contributed by atoms with Crippen LogP contribution in [-0.4, -0.2) is 36.4 Å². The summed E-state index contributed by atoms with van der Waals surface area (Å²) >= 11 is 0. The Labute approximate surface area is 286 Å². The molecular formula is C41H78O5. The van der Waals surface area contributed by atoms with E-state index in [1.807, 2.05) is 0 Å². The highest BCUT2D eigenvalue weighted by Gasteiger charge is 2.16. The van der Waals surface area contributed by atoms with E-state index in [1.54, 1.807) is 0 Å². The van der Waals surface area contributed by atoms with Crippen molar-refractivity contribution in [3.63, 3.8) is 0 Å². The number of allylic oxidation sites excluding steroid dienone is 2. The first-order valence-electron chi connectivity index (χ1n) is 20.2. The summed E-state index contributed by atoms with van der Waals surface area (Å²) in [5, 5.41) is 9.55. The molecule has 1 atom stereocenters. The van der Waals surface area contributed by atoms with Crippen LogP contribution in [0, 0.1) is 0 Å². The molecular weight excluding hydrogens is 572 g/mol. The average molecular weight is 651 g/mol. The average Bonchev–Trinajstić information content (AvgIpc) is 3.06. The molecule has 0 aromatic heterocycles. The number of carbonyl (C=O) groups excluding carboxylic acids is 2. The fraction of sp³-hybridized carbons (Fsp3) is 0.902. The highest BCUT2D eigenvalue weighted by Crippen LogP contribution is 2.15. The van der Waals surface area contributed by atoms with Crippen molar-refractivity contribution < 1.29 is 24.2 Å². The topological polar surface area (TPSA) is 72.8 Å². The molecule has 0 saturated carbocycles. The number of carbonyl (C=O) groups is 2. The van der Waals surface area contributed by atoms with Crippen molar-refractivity contribution in [1.82, 2.24) is 0 Å². The number of unbranched alkanes of at least 4 members (excludes halogenated alkanes) is 27. The molecule has 0 rings (SSSR count). The third-order valence-electron chi connectivity index (χ3n) is 9.06. The third kappa shape index (κ3) is 35.5. The maximum atomic E-state index is 12.2. The van der Waals surface area contributed by atoms with Crippen LogP contribution in [0.25, 0.3) is 0 Å². The highest BCUT2D eigenvalue weighted by atomic mass is 16.6. The van der Waals surface area contributed by atoms with Gasteiger partial charge in [-0.1, -0.05) is 180 Å². The minimum Gasteiger partial charge on any atom is -0.462 e. The lowest BCUT2D eigenvalue weighted by Crippen LogP contribution is -2.28. The van der Waals surface area contributed by atoms with Gasteiger partial charge in [-0.2, -0.15) is 0 Å². The van der Waals surface area contributed by atoms with Crippen molar-refractivity contribution in [2.75, 3.05) is 13.2 Å². The van der Waals surface area contributed by atoms with E-state index in [9.17, 15) is 14.7 Å². The van der Waals surface area contributed by atoms with Gasteiger partial charge in [0.1, 0.15) is 6.61 Å². The SMILES string of the molecule is CCCCCCCC/C=C\CCCCCCCCCC(=O)OC(CO)COC(=O)CCCCCCCCCCCCCCCCC. The molecule has 0 radical (unpaired) electrons. The molecule has 0 spiro atoms. The number of hydrogen-bond acceptors (Lipinski definition) is 5. The van der Waals surface area contributed by atoms with E-state index >= 15 is 0 Å². The first-order chi connectivity index (χ1) is 22.6. The second-order valence-electron chi connectivity index (χ2n) is 13.7. The first kappa shape index (κ1) is 44.6. The van der Waals surface area contributed by atoms with Crippen LogP contribution in [0.1, 0.15) is 219 Å². The van der Waals surface area contributed by atoms with Crippen LogP contribution in [0.4, 0.5) is 0 Å². The zero-order chi connectivity index (χ0) is 33.6. The van der Waals surface area contributed by atoms with Gasteiger partial charge >= 0.3 is 11.9 Å². The molecule has 1 unspecified atom stereocenters. The molecule has 0 saturated heterocycles. The van der Waals surface area contributed by atoms with Crippen molar-refractivity contribution in [3.05, 3.63) is 12.2 Å². The monoisotopic (exact) mass is 651 g/mol. The van der Waals surface area contributed by atoms with Gasteiger partial charge < -0.3 is 14.6 Å². The molecule has 0 fully saturated rings. The maximum Gasteiger partial charge on any atom is 0.306 e. The minimum absolute atomic E-state index is 0.0615. The molecule has 0 aliphatic heterocycles. The molecule has 46 heavy (non-hydrogen) atoms. The summed E-state index contributed by atoms with van der Waals surface area (Å²) in [6, 6.07) is 0. The lowest BCUT2D eigenvalue weighted by atomic mass is 10.0. The van der Waals surface area contributed by atoms with Gasteiger partial charge in [-0.3, -0.25) is 9.59 Å². The summed E-state index contributed by atoms with van der Waals surface area (Å²) in [7, 11) is 0.